The van der Waals surface area contributed by atoms with Gasteiger partial charge in [-0.25, -0.2) is 0 Å². The molecule has 0 saturated carbocycles. The van der Waals surface area contributed by atoms with E-state index in [9.17, 15) is 0 Å². The summed E-state index contributed by atoms with van der Waals surface area (Å²) in [7, 11) is 1.67. The van der Waals surface area contributed by atoms with Gasteiger partial charge in [-0.15, -0.1) is 0 Å². The molecule has 1 unspecified atom stereocenters. The van der Waals surface area contributed by atoms with Gasteiger partial charge in [0.1, 0.15) is 5.75 Å². The molecule has 2 rings (SSSR count). The summed E-state index contributed by atoms with van der Waals surface area (Å²) >= 11 is 6.04. The number of nitrogens with zero attached hydrogens (tertiary/aromatic N) is 1. The zero-order valence-electron chi connectivity index (χ0n) is 10.6. The monoisotopic (exact) mass is 270 g/mol. The first kappa shape index (κ1) is 13.6. The lowest BCUT2D eigenvalue weighted by molar-refractivity contribution is -0.00819. The average Bonchev–Trinajstić information content (AvgIpc) is 2.40. The van der Waals surface area contributed by atoms with Gasteiger partial charge in [0.05, 0.1) is 20.3 Å². The molecule has 0 bridgehead atoms. The van der Waals surface area contributed by atoms with E-state index in [2.05, 4.69) is 4.90 Å². The number of methoxy groups -OCH3 is 1. The van der Waals surface area contributed by atoms with Gasteiger partial charge in [-0.05, 0) is 18.2 Å². The second-order valence-electron chi connectivity index (χ2n) is 4.39. The molecule has 1 saturated heterocycles. The molecule has 4 nitrogen and oxygen atoms in total. The number of benzene rings is 1. The van der Waals surface area contributed by atoms with Crippen molar-refractivity contribution < 1.29 is 9.47 Å². The van der Waals surface area contributed by atoms with Crippen LogP contribution >= 0.6 is 11.6 Å². The number of hydrogen-bond donors (Lipinski definition) is 1. The molecule has 1 aromatic carbocycles. The van der Waals surface area contributed by atoms with E-state index in [1.807, 2.05) is 18.2 Å². The highest BCUT2D eigenvalue weighted by atomic mass is 35.5. The molecule has 18 heavy (non-hydrogen) atoms. The predicted molar refractivity (Wildman–Crippen MR) is 72.1 cm³/mol. The predicted octanol–water partition coefficient (Wildman–Crippen LogP) is 1.51. The van der Waals surface area contributed by atoms with E-state index >= 15 is 0 Å². The Hall–Kier alpha value is -0.810. The van der Waals surface area contributed by atoms with Crippen LogP contribution in [-0.2, 0) is 11.3 Å². The van der Waals surface area contributed by atoms with E-state index in [0.29, 0.717) is 13.2 Å². The van der Waals surface area contributed by atoms with Gasteiger partial charge in [-0.1, -0.05) is 11.6 Å². The first-order valence-corrected chi connectivity index (χ1v) is 6.46. The molecule has 5 heteroatoms. The summed E-state index contributed by atoms with van der Waals surface area (Å²) in [6.07, 6.45) is 0. The molecule has 1 aromatic rings. The van der Waals surface area contributed by atoms with Crippen molar-refractivity contribution in [3.8, 4) is 5.75 Å². The van der Waals surface area contributed by atoms with E-state index in [1.54, 1.807) is 7.11 Å². The first-order valence-electron chi connectivity index (χ1n) is 6.09. The Kier molecular flexibility index (Phi) is 4.83. The number of nitrogens with two attached hydrogens (primary N) is 1. The van der Waals surface area contributed by atoms with Gasteiger partial charge in [0.25, 0.3) is 0 Å². The van der Waals surface area contributed by atoms with E-state index in [-0.39, 0.29) is 6.04 Å². The minimum atomic E-state index is 0.266. The van der Waals surface area contributed by atoms with E-state index in [0.717, 1.165) is 36.0 Å². The summed E-state index contributed by atoms with van der Waals surface area (Å²) in [4.78, 5) is 2.32. The fourth-order valence-electron chi connectivity index (χ4n) is 2.20. The van der Waals surface area contributed by atoms with Crippen LogP contribution in [0.1, 0.15) is 5.56 Å². The lowest BCUT2D eigenvalue weighted by Gasteiger charge is -2.35. The Bertz CT molecular complexity index is 401. The van der Waals surface area contributed by atoms with Crippen LogP contribution in [0.3, 0.4) is 0 Å². The lowest BCUT2D eigenvalue weighted by Crippen LogP contribution is -2.48. The average molecular weight is 271 g/mol. The normalized spacial score (nSPS) is 20.9. The quantitative estimate of drug-likeness (QED) is 0.901. The summed E-state index contributed by atoms with van der Waals surface area (Å²) in [6, 6.07) is 5.95. The SMILES string of the molecule is COc1ccc(Cl)cc1CN1CCOCC1CN. The smallest absolute Gasteiger partial charge is 0.123 e. The van der Waals surface area contributed by atoms with Crippen LogP contribution in [0, 0.1) is 0 Å². The van der Waals surface area contributed by atoms with Crippen molar-refractivity contribution in [3.05, 3.63) is 28.8 Å². The van der Waals surface area contributed by atoms with Crippen molar-refractivity contribution >= 4 is 11.6 Å². The van der Waals surface area contributed by atoms with Crippen molar-refractivity contribution in [1.29, 1.82) is 0 Å². The molecule has 1 heterocycles. The van der Waals surface area contributed by atoms with Crippen LogP contribution in [0.15, 0.2) is 18.2 Å². The maximum Gasteiger partial charge on any atom is 0.123 e. The van der Waals surface area contributed by atoms with Crippen LogP contribution in [0.4, 0.5) is 0 Å². The minimum Gasteiger partial charge on any atom is -0.496 e. The zero-order valence-corrected chi connectivity index (χ0v) is 11.3. The molecule has 2 N–H and O–H groups in total. The third kappa shape index (κ3) is 3.14. The molecule has 1 aliphatic heterocycles. The van der Waals surface area contributed by atoms with Gasteiger partial charge in [-0.3, -0.25) is 4.90 Å². The van der Waals surface area contributed by atoms with Crippen LogP contribution < -0.4 is 10.5 Å². The van der Waals surface area contributed by atoms with Crippen LogP contribution in [0.5, 0.6) is 5.75 Å². The molecule has 1 aliphatic rings. The standard InChI is InChI=1S/C13H19ClN2O2/c1-17-13-3-2-11(14)6-10(13)8-16-4-5-18-9-12(16)7-15/h2-3,6,12H,4-5,7-9,15H2,1H3. The van der Waals surface area contributed by atoms with E-state index < -0.39 is 0 Å². The van der Waals surface area contributed by atoms with Crippen molar-refractivity contribution in [3.63, 3.8) is 0 Å². The molecule has 0 aromatic heterocycles. The van der Waals surface area contributed by atoms with Gasteiger partial charge in [-0.2, -0.15) is 0 Å². The Morgan fingerprint density at radius 1 is 1.56 bits per heavy atom. The van der Waals surface area contributed by atoms with Crippen molar-refractivity contribution in [2.45, 2.75) is 12.6 Å². The highest BCUT2D eigenvalue weighted by Crippen LogP contribution is 2.25. The summed E-state index contributed by atoms with van der Waals surface area (Å²) < 4.78 is 10.8. The third-order valence-corrected chi connectivity index (χ3v) is 3.47. The number of hydrogen-bond acceptors (Lipinski definition) is 4. The minimum absolute atomic E-state index is 0.266. The highest BCUT2D eigenvalue weighted by molar-refractivity contribution is 6.30. The van der Waals surface area contributed by atoms with Crippen LogP contribution in [0.25, 0.3) is 0 Å². The van der Waals surface area contributed by atoms with Crippen molar-refractivity contribution in [2.24, 2.45) is 5.73 Å². The zero-order chi connectivity index (χ0) is 13.0. The molecule has 1 fully saturated rings. The van der Waals surface area contributed by atoms with E-state index in [1.165, 1.54) is 0 Å². The number of morpholine rings is 1. The maximum atomic E-state index is 6.04. The molecular formula is C13H19ClN2O2. The summed E-state index contributed by atoms with van der Waals surface area (Å²) in [5, 5.41) is 0.725. The molecular weight excluding hydrogens is 252 g/mol. The Morgan fingerprint density at radius 3 is 3.11 bits per heavy atom. The molecule has 0 spiro atoms. The van der Waals surface area contributed by atoms with Crippen molar-refractivity contribution in [1.82, 2.24) is 4.90 Å². The highest BCUT2D eigenvalue weighted by Gasteiger charge is 2.22. The van der Waals surface area contributed by atoms with Crippen LogP contribution in [-0.4, -0.2) is 44.4 Å². The summed E-state index contributed by atoms with van der Waals surface area (Å²) in [6.45, 7) is 3.72. The van der Waals surface area contributed by atoms with E-state index in [4.69, 9.17) is 26.8 Å². The molecule has 100 valence electrons. The molecule has 0 aliphatic carbocycles. The second-order valence-corrected chi connectivity index (χ2v) is 4.83. The van der Waals surface area contributed by atoms with Crippen LogP contribution in [0.2, 0.25) is 5.02 Å². The van der Waals surface area contributed by atoms with Crippen molar-refractivity contribution in [2.75, 3.05) is 33.4 Å². The van der Waals surface area contributed by atoms with Gasteiger partial charge in [0, 0.05) is 36.3 Å². The first-order chi connectivity index (χ1) is 8.74. The van der Waals surface area contributed by atoms with Gasteiger partial charge in [0.15, 0.2) is 0 Å². The molecule has 1 atom stereocenters. The molecule has 0 radical (unpaired) electrons. The van der Waals surface area contributed by atoms with Gasteiger partial charge >= 0.3 is 0 Å². The van der Waals surface area contributed by atoms with Gasteiger partial charge < -0.3 is 15.2 Å². The Labute approximate surface area is 113 Å². The second kappa shape index (κ2) is 6.38. The number of halogens is 1. The maximum absolute atomic E-state index is 6.04. The number of rotatable bonds is 4. The topological polar surface area (TPSA) is 47.7 Å². The largest absolute Gasteiger partial charge is 0.496 e. The lowest BCUT2D eigenvalue weighted by atomic mass is 10.1. The summed E-state index contributed by atoms with van der Waals surface area (Å²) in [5.41, 5.74) is 6.86. The Morgan fingerprint density at radius 2 is 2.39 bits per heavy atom. The fraction of sp³-hybridized carbons (Fsp3) is 0.538. The Balaban J connectivity index is 2.14. The summed E-state index contributed by atoms with van der Waals surface area (Å²) in [5.74, 6) is 0.863. The van der Waals surface area contributed by atoms with Gasteiger partial charge in [0.2, 0.25) is 0 Å². The number of ether oxygens (including phenoxy) is 2. The fourth-order valence-corrected chi connectivity index (χ4v) is 2.40. The third-order valence-electron chi connectivity index (χ3n) is 3.24. The molecule has 0 amide bonds.